The highest BCUT2D eigenvalue weighted by molar-refractivity contribution is 5.86. The number of benzene rings is 2. The zero-order valence-corrected chi connectivity index (χ0v) is 12.5. The topological polar surface area (TPSA) is 36.3 Å². The van der Waals surface area contributed by atoms with Gasteiger partial charge in [0, 0.05) is 18.0 Å². The van der Waals surface area contributed by atoms with Crippen LogP contribution >= 0.6 is 0 Å². The van der Waals surface area contributed by atoms with Gasteiger partial charge in [-0.15, -0.1) is 0 Å². The number of hydrogen-bond acceptors (Lipinski definition) is 3. The average molecular weight is 294 g/mol. The summed E-state index contributed by atoms with van der Waals surface area (Å²) in [6, 6.07) is 14.6. The summed E-state index contributed by atoms with van der Waals surface area (Å²) in [6.07, 6.45) is 5.57. The molecule has 0 N–H and O–H groups in total. The Morgan fingerprint density at radius 1 is 1.23 bits per heavy atom. The smallest absolute Gasteiger partial charge is 0.214 e. The fourth-order valence-corrected chi connectivity index (χ4v) is 3.13. The van der Waals surface area contributed by atoms with E-state index in [0.29, 0.717) is 13.2 Å². The van der Waals surface area contributed by atoms with Crippen LogP contribution in [0.5, 0.6) is 0 Å². The maximum Gasteiger partial charge on any atom is 0.214 e. The van der Waals surface area contributed by atoms with E-state index in [1.165, 1.54) is 10.8 Å². The van der Waals surface area contributed by atoms with Gasteiger partial charge in [-0.25, -0.2) is 4.98 Å². The largest absolute Gasteiger partial charge is 0.342 e. The van der Waals surface area contributed by atoms with Gasteiger partial charge < -0.3 is 14.0 Å². The summed E-state index contributed by atoms with van der Waals surface area (Å²) in [5.41, 5.74) is 1.07. The Morgan fingerprint density at radius 2 is 2.09 bits per heavy atom. The van der Waals surface area contributed by atoms with E-state index >= 15 is 0 Å². The number of ether oxygens (including phenoxy) is 2. The Hall–Kier alpha value is -2.17. The van der Waals surface area contributed by atoms with Crippen LogP contribution in [0.1, 0.15) is 12.5 Å². The van der Waals surface area contributed by atoms with Crippen molar-refractivity contribution in [1.82, 2.24) is 9.55 Å². The second-order valence-electron chi connectivity index (χ2n) is 5.75. The molecule has 112 valence electrons. The highest BCUT2D eigenvalue weighted by Crippen LogP contribution is 2.39. The number of rotatable bonds is 3. The van der Waals surface area contributed by atoms with Crippen molar-refractivity contribution in [3.05, 3.63) is 66.7 Å². The molecule has 2 aromatic carbocycles. The molecule has 0 aliphatic carbocycles. The van der Waals surface area contributed by atoms with E-state index in [2.05, 4.69) is 41.4 Å². The molecule has 1 aromatic heterocycles. The van der Waals surface area contributed by atoms with Crippen LogP contribution in [0.4, 0.5) is 0 Å². The van der Waals surface area contributed by atoms with Gasteiger partial charge in [0.25, 0.3) is 0 Å². The molecule has 0 saturated carbocycles. The van der Waals surface area contributed by atoms with Crippen molar-refractivity contribution in [2.24, 2.45) is 0 Å². The second kappa shape index (κ2) is 5.23. The van der Waals surface area contributed by atoms with Gasteiger partial charge in [-0.2, -0.15) is 0 Å². The second-order valence-corrected chi connectivity index (χ2v) is 5.75. The minimum atomic E-state index is -0.763. The van der Waals surface area contributed by atoms with E-state index in [9.17, 15) is 0 Å². The SMILES string of the molecule is CC1COC(Cn2ccnc2)(c2cccc3ccccc23)O1. The highest BCUT2D eigenvalue weighted by Gasteiger charge is 2.43. The third-order valence-corrected chi connectivity index (χ3v) is 4.09. The lowest BCUT2D eigenvalue weighted by molar-refractivity contribution is -0.184. The monoisotopic (exact) mass is 294 g/mol. The summed E-state index contributed by atoms with van der Waals surface area (Å²) >= 11 is 0. The van der Waals surface area contributed by atoms with Gasteiger partial charge in [-0.1, -0.05) is 42.5 Å². The summed E-state index contributed by atoms with van der Waals surface area (Å²) in [5, 5.41) is 2.36. The molecule has 1 fully saturated rings. The molecule has 1 aliphatic rings. The molecular weight excluding hydrogens is 276 g/mol. The first-order valence-corrected chi connectivity index (χ1v) is 7.53. The van der Waals surface area contributed by atoms with Crippen molar-refractivity contribution in [3.63, 3.8) is 0 Å². The molecule has 0 spiro atoms. The molecule has 1 saturated heterocycles. The molecule has 0 amide bonds. The quantitative estimate of drug-likeness (QED) is 0.743. The molecule has 1 aliphatic heterocycles. The van der Waals surface area contributed by atoms with Crippen LogP contribution in [0.25, 0.3) is 10.8 Å². The molecule has 0 bridgehead atoms. The molecule has 3 aromatic rings. The van der Waals surface area contributed by atoms with Crippen LogP contribution in [0.3, 0.4) is 0 Å². The minimum absolute atomic E-state index is 0.0717. The highest BCUT2D eigenvalue weighted by atomic mass is 16.7. The molecule has 4 rings (SSSR count). The van der Waals surface area contributed by atoms with E-state index in [0.717, 1.165) is 5.56 Å². The van der Waals surface area contributed by atoms with Crippen LogP contribution in [0.15, 0.2) is 61.2 Å². The average Bonchev–Trinajstić information content (AvgIpc) is 3.18. The summed E-state index contributed by atoms with van der Waals surface area (Å²) in [7, 11) is 0. The lowest BCUT2D eigenvalue weighted by Gasteiger charge is -2.30. The van der Waals surface area contributed by atoms with Crippen LogP contribution < -0.4 is 0 Å². The van der Waals surface area contributed by atoms with Crippen molar-refractivity contribution < 1.29 is 9.47 Å². The van der Waals surface area contributed by atoms with Crippen LogP contribution in [-0.2, 0) is 21.8 Å². The molecule has 2 unspecified atom stereocenters. The number of fused-ring (bicyclic) bond motifs is 1. The molecule has 2 heterocycles. The number of nitrogens with zero attached hydrogens (tertiary/aromatic N) is 2. The normalized spacial score (nSPS) is 24.9. The summed E-state index contributed by atoms with van der Waals surface area (Å²) in [5.74, 6) is -0.763. The summed E-state index contributed by atoms with van der Waals surface area (Å²) in [4.78, 5) is 4.12. The fourth-order valence-electron chi connectivity index (χ4n) is 3.13. The number of aromatic nitrogens is 2. The zero-order chi connectivity index (χ0) is 15.0. The third-order valence-electron chi connectivity index (χ3n) is 4.09. The first kappa shape index (κ1) is 13.5. The van der Waals surface area contributed by atoms with Crippen LogP contribution in [-0.4, -0.2) is 22.3 Å². The lowest BCUT2D eigenvalue weighted by atomic mass is 9.97. The Kier molecular flexibility index (Phi) is 3.21. The zero-order valence-electron chi connectivity index (χ0n) is 12.5. The van der Waals surface area contributed by atoms with E-state index < -0.39 is 5.79 Å². The molecule has 0 radical (unpaired) electrons. The van der Waals surface area contributed by atoms with Crippen LogP contribution in [0, 0.1) is 0 Å². The Labute approximate surface area is 129 Å². The Morgan fingerprint density at radius 3 is 2.86 bits per heavy atom. The maximum atomic E-state index is 6.25. The Balaban J connectivity index is 1.86. The Bertz CT molecular complexity index is 779. The predicted octanol–water partition coefficient (Wildman–Crippen LogP) is 3.32. The summed E-state index contributed by atoms with van der Waals surface area (Å²) in [6.45, 7) is 3.23. The van der Waals surface area contributed by atoms with Crippen molar-refractivity contribution in [1.29, 1.82) is 0 Å². The van der Waals surface area contributed by atoms with E-state index in [1.54, 1.807) is 12.5 Å². The van der Waals surface area contributed by atoms with Gasteiger partial charge in [0.2, 0.25) is 5.79 Å². The lowest BCUT2D eigenvalue weighted by Crippen LogP contribution is -2.33. The number of imidazole rings is 1. The van der Waals surface area contributed by atoms with Gasteiger partial charge in [0.15, 0.2) is 0 Å². The predicted molar refractivity (Wildman–Crippen MR) is 84.4 cm³/mol. The molecule has 4 heteroatoms. The fraction of sp³-hybridized carbons (Fsp3) is 0.278. The molecule has 4 nitrogen and oxygen atoms in total. The van der Waals surface area contributed by atoms with Crippen molar-refractivity contribution in [2.45, 2.75) is 25.4 Å². The number of hydrogen-bond donors (Lipinski definition) is 0. The third kappa shape index (κ3) is 2.21. The van der Waals surface area contributed by atoms with Gasteiger partial charge in [0.05, 0.1) is 25.6 Å². The maximum absolute atomic E-state index is 6.25. The first-order chi connectivity index (χ1) is 10.8. The first-order valence-electron chi connectivity index (χ1n) is 7.53. The van der Waals surface area contributed by atoms with E-state index in [-0.39, 0.29) is 6.10 Å². The minimum Gasteiger partial charge on any atom is -0.342 e. The van der Waals surface area contributed by atoms with Crippen molar-refractivity contribution in [3.8, 4) is 0 Å². The molecule has 2 atom stereocenters. The van der Waals surface area contributed by atoms with E-state index in [1.807, 2.05) is 23.8 Å². The van der Waals surface area contributed by atoms with Crippen molar-refractivity contribution in [2.75, 3.05) is 6.61 Å². The van der Waals surface area contributed by atoms with Crippen molar-refractivity contribution >= 4 is 10.8 Å². The van der Waals surface area contributed by atoms with Gasteiger partial charge in [0.1, 0.15) is 0 Å². The van der Waals surface area contributed by atoms with Crippen LogP contribution in [0.2, 0.25) is 0 Å². The standard InChI is InChI=1S/C18H18N2O2/c1-14-11-21-18(22-14,12-20-10-9-19-13-20)17-8-4-6-15-5-2-3-7-16(15)17/h2-10,13-14H,11-12H2,1H3. The van der Waals surface area contributed by atoms with Gasteiger partial charge >= 0.3 is 0 Å². The molecule has 22 heavy (non-hydrogen) atoms. The van der Waals surface area contributed by atoms with Gasteiger partial charge in [-0.05, 0) is 17.7 Å². The van der Waals surface area contributed by atoms with Gasteiger partial charge in [-0.3, -0.25) is 0 Å². The van der Waals surface area contributed by atoms with E-state index in [4.69, 9.17) is 9.47 Å². The summed E-state index contributed by atoms with van der Waals surface area (Å²) < 4.78 is 14.4. The molecular formula is C18H18N2O2.